The Morgan fingerprint density at radius 2 is 2.33 bits per heavy atom. The van der Waals surface area contributed by atoms with Crippen LogP contribution in [-0.4, -0.2) is 14.2 Å². The van der Waals surface area contributed by atoms with Crippen molar-refractivity contribution < 1.29 is 0 Å². The van der Waals surface area contributed by atoms with Crippen molar-refractivity contribution in [1.82, 2.24) is 14.2 Å². The van der Waals surface area contributed by atoms with Gasteiger partial charge >= 0.3 is 0 Å². The minimum atomic E-state index is 0.651. The highest BCUT2D eigenvalue weighted by molar-refractivity contribution is 7.03. The predicted octanol–water partition coefficient (Wildman–Crippen LogP) is 1.13. The van der Waals surface area contributed by atoms with E-state index in [0.717, 1.165) is 11.4 Å². The highest BCUT2D eigenvalue weighted by Gasteiger charge is 2.05. The number of nitrogens with two attached hydrogens (primary N) is 1. The van der Waals surface area contributed by atoms with Gasteiger partial charge in [0.05, 0.1) is 0 Å². The first kappa shape index (κ1) is 7.30. The molecule has 0 saturated carbocycles. The Balaban J connectivity index is 2.48. The van der Waals surface area contributed by atoms with Crippen LogP contribution in [0.15, 0.2) is 17.5 Å². The monoisotopic (exact) mass is 180 g/mol. The fourth-order valence-electron chi connectivity index (χ4n) is 0.952. The van der Waals surface area contributed by atoms with Crippen LogP contribution in [0.3, 0.4) is 0 Å². The largest absolute Gasteiger partial charge is 0.384 e. The minimum Gasteiger partial charge on any atom is -0.384 e. The second-order valence-corrected chi connectivity index (χ2v) is 3.13. The molecule has 0 aliphatic heterocycles. The number of nitrogen functional groups attached to an aromatic ring is 1. The van der Waals surface area contributed by atoms with Crippen LogP contribution in [0.2, 0.25) is 0 Å². The van der Waals surface area contributed by atoms with Crippen molar-refractivity contribution in [3.8, 4) is 11.4 Å². The van der Waals surface area contributed by atoms with Crippen molar-refractivity contribution in [2.24, 2.45) is 7.05 Å². The summed E-state index contributed by atoms with van der Waals surface area (Å²) in [5, 5.41) is 6.11. The molecule has 62 valence electrons. The fourth-order valence-corrected chi connectivity index (χ4v) is 1.47. The van der Waals surface area contributed by atoms with E-state index in [0.29, 0.717) is 5.82 Å². The Morgan fingerprint density at radius 3 is 2.83 bits per heavy atom. The van der Waals surface area contributed by atoms with Gasteiger partial charge in [-0.1, -0.05) is 0 Å². The van der Waals surface area contributed by atoms with E-state index < -0.39 is 0 Å². The zero-order valence-corrected chi connectivity index (χ0v) is 7.38. The van der Waals surface area contributed by atoms with Gasteiger partial charge in [-0.25, -0.2) is 0 Å². The van der Waals surface area contributed by atoms with Crippen molar-refractivity contribution in [2.45, 2.75) is 0 Å². The van der Waals surface area contributed by atoms with Crippen LogP contribution >= 0.6 is 11.5 Å². The van der Waals surface area contributed by atoms with Crippen molar-refractivity contribution in [3.05, 3.63) is 17.5 Å². The highest BCUT2D eigenvalue weighted by Crippen LogP contribution is 2.18. The van der Waals surface area contributed by atoms with E-state index in [1.54, 1.807) is 4.68 Å². The van der Waals surface area contributed by atoms with Gasteiger partial charge in [-0.15, -0.1) is 0 Å². The molecule has 0 aliphatic carbocycles. The third-order valence-electron chi connectivity index (χ3n) is 1.62. The third-order valence-corrected chi connectivity index (χ3v) is 2.18. The van der Waals surface area contributed by atoms with Crippen LogP contribution < -0.4 is 5.73 Å². The normalized spacial score (nSPS) is 10.4. The van der Waals surface area contributed by atoms with Crippen LogP contribution in [-0.2, 0) is 7.05 Å². The lowest BCUT2D eigenvalue weighted by molar-refractivity contribution is 0.782. The average molecular weight is 180 g/mol. The third kappa shape index (κ3) is 1.08. The Labute approximate surface area is 73.8 Å². The Hall–Kier alpha value is -1.36. The number of hydrogen-bond acceptors (Lipinski definition) is 4. The smallest absolute Gasteiger partial charge is 0.122 e. The van der Waals surface area contributed by atoms with E-state index >= 15 is 0 Å². The van der Waals surface area contributed by atoms with Gasteiger partial charge in [-0.05, 0) is 17.6 Å². The molecule has 2 aromatic rings. The molecular weight excluding hydrogens is 172 g/mol. The van der Waals surface area contributed by atoms with Crippen molar-refractivity contribution in [3.63, 3.8) is 0 Å². The van der Waals surface area contributed by atoms with E-state index in [1.165, 1.54) is 11.5 Å². The Bertz CT molecular complexity index is 357. The van der Waals surface area contributed by atoms with Gasteiger partial charge in [0.15, 0.2) is 0 Å². The van der Waals surface area contributed by atoms with E-state index in [4.69, 9.17) is 5.73 Å². The molecule has 0 aliphatic rings. The molecule has 2 aromatic heterocycles. The Kier molecular flexibility index (Phi) is 1.58. The summed E-state index contributed by atoms with van der Waals surface area (Å²) >= 11 is 1.41. The summed E-state index contributed by atoms with van der Waals surface area (Å²) in [4.78, 5) is 0. The lowest BCUT2D eigenvalue weighted by Crippen LogP contribution is -1.96. The molecule has 0 amide bonds. The summed E-state index contributed by atoms with van der Waals surface area (Å²) in [5.74, 6) is 0.651. The molecule has 0 unspecified atom stereocenters. The second kappa shape index (κ2) is 2.60. The summed E-state index contributed by atoms with van der Waals surface area (Å²) in [5.41, 5.74) is 7.33. The van der Waals surface area contributed by atoms with Gasteiger partial charge in [0.1, 0.15) is 17.2 Å². The van der Waals surface area contributed by atoms with Crippen LogP contribution in [0.5, 0.6) is 0 Å². The van der Waals surface area contributed by atoms with E-state index in [9.17, 15) is 0 Å². The first-order valence-corrected chi connectivity index (χ1v) is 4.31. The topological polar surface area (TPSA) is 56.7 Å². The molecule has 2 rings (SSSR count). The van der Waals surface area contributed by atoms with Gasteiger partial charge in [-0.3, -0.25) is 4.68 Å². The summed E-state index contributed by atoms with van der Waals surface area (Å²) in [7, 11) is 1.81. The molecule has 0 aromatic carbocycles. The number of anilines is 1. The zero-order valence-electron chi connectivity index (χ0n) is 6.56. The maximum absolute atomic E-state index is 5.62. The molecule has 5 heteroatoms. The molecule has 0 atom stereocenters. The van der Waals surface area contributed by atoms with Gasteiger partial charge in [0.2, 0.25) is 0 Å². The average Bonchev–Trinajstić information content (AvgIpc) is 2.61. The summed E-state index contributed by atoms with van der Waals surface area (Å²) in [6.45, 7) is 0. The first-order chi connectivity index (χ1) is 5.77. The van der Waals surface area contributed by atoms with Crippen molar-refractivity contribution in [1.29, 1.82) is 0 Å². The van der Waals surface area contributed by atoms with Crippen LogP contribution in [0.1, 0.15) is 0 Å². The predicted molar refractivity (Wildman–Crippen MR) is 48.7 cm³/mol. The maximum atomic E-state index is 5.62. The van der Waals surface area contributed by atoms with Crippen LogP contribution in [0, 0.1) is 0 Å². The molecule has 4 nitrogen and oxygen atoms in total. The van der Waals surface area contributed by atoms with Gasteiger partial charge in [0, 0.05) is 18.5 Å². The molecule has 0 spiro atoms. The summed E-state index contributed by atoms with van der Waals surface area (Å²) in [6.07, 6.45) is 0. The number of hydrogen-bond donors (Lipinski definition) is 1. The molecule has 2 N–H and O–H groups in total. The number of aryl methyl sites for hydroxylation is 1. The van der Waals surface area contributed by atoms with E-state index in [-0.39, 0.29) is 0 Å². The molecule has 2 heterocycles. The maximum Gasteiger partial charge on any atom is 0.122 e. The quantitative estimate of drug-likeness (QED) is 0.715. The SMILES string of the molecule is Cn1nc(-c2ccsn2)cc1N. The van der Waals surface area contributed by atoms with E-state index in [1.807, 2.05) is 24.6 Å². The van der Waals surface area contributed by atoms with Crippen LogP contribution in [0.25, 0.3) is 11.4 Å². The summed E-state index contributed by atoms with van der Waals surface area (Å²) < 4.78 is 5.78. The molecule has 0 saturated heterocycles. The molecule has 0 fully saturated rings. The van der Waals surface area contributed by atoms with Crippen molar-refractivity contribution in [2.75, 3.05) is 5.73 Å². The van der Waals surface area contributed by atoms with Gasteiger partial charge < -0.3 is 5.73 Å². The molecular formula is C7H8N4S. The molecule has 0 bridgehead atoms. The lowest BCUT2D eigenvalue weighted by Gasteiger charge is -1.88. The lowest BCUT2D eigenvalue weighted by atomic mass is 10.3. The van der Waals surface area contributed by atoms with Gasteiger partial charge in [-0.2, -0.15) is 9.47 Å². The number of aromatic nitrogens is 3. The van der Waals surface area contributed by atoms with E-state index in [2.05, 4.69) is 9.47 Å². The van der Waals surface area contributed by atoms with Crippen molar-refractivity contribution >= 4 is 17.4 Å². The first-order valence-electron chi connectivity index (χ1n) is 3.47. The van der Waals surface area contributed by atoms with Gasteiger partial charge in [0.25, 0.3) is 0 Å². The Morgan fingerprint density at radius 1 is 1.50 bits per heavy atom. The zero-order chi connectivity index (χ0) is 8.55. The molecule has 0 radical (unpaired) electrons. The second-order valence-electron chi connectivity index (χ2n) is 2.46. The number of rotatable bonds is 1. The minimum absolute atomic E-state index is 0.651. The standard InChI is InChI=1S/C7H8N4S/c1-11-7(8)4-6(9-11)5-2-3-12-10-5/h2-4H,8H2,1H3. The van der Waals surface area contributed by atoms with Crippen LogP contribution in [0.4, 0.5) is 5.82 Å². The molecule has 12 heavy (non-hydrogen) atoms. The fraction of sp³-hybridized carbons (Fsp3) is 0.143. The number of nitrogens with zero attached hydrogens (tertiary/aromatic N) is 3. The summed E-state index contributed by atoms with van der Waals surface area (Å²) in [6, 6.07) is 3.74. The highest BCUT2D eigenvalue weighted by atomic mass is 32.1.